The smallest absolute Gasteiger partial charge is 0.193 e. The summed E-state index contributed by atoms with van der Waals surface area (Å²) in [6.45, 7) is 5.32. The predicted octanol–water partition coefficient (Wildman–Crippen LogP) is 4.63. The molecule has 2 aliphatic heterocycles. The van der Waals surface area contributed by atoms with E-state index in [0.29, 0.717) is 6.10 Å². The minimum atomic E-state index is -0.0186. The summed E-state index contributed by atoms with van der Waals surface area (Å²) in [6.07, 6.45) is 9.98. The quantitative estimate of drug-likeness (QED) is 0.510. The third-order valence-corrected chi connectivity index (χ3v) is 7.81. The van der Waals surface area contributed by atoms with Crippen molar-refractivity contribution >= 4 is 17.6 Å². The normalized spacial score (nSPS) is 23.3. The number of aliphatic imine (C=N–C) groups is 1. The zero-order chi connectivity index (χ0) is 21.5. The van der Waals surface area contributed by atoms with Gasteiger partial charge < -0.3 is 19.7 Å². The van der Waals surface area contributed by atoms with E-state index in [2.05, 4.69) is 27.3 Å². The Kier molecular flexibility index (Phi) is 8.13. The van der Waals surface area contributed by atoms with E-state index < -0.39 is 0 Å². The summed E-state index contributed by atoms with van der Waals surface area (Å²) in [4.78, 5) is 6.99. The maximum atomic E-state index is 6.61. The second-order valence-electron chi connectivity index (χ2n) is 9.44. The molecule has 5 nitrogen and oxygen atoms in total. The Morgan fingerprint density at radius 1 is 1.16 bits per heavy atom. The van der Waals surface area contributed by atoms with Crippen LogP contribution in [0, 0.1) is 5.92 Å². The summed E-state index contributed by atoms with van der Waals surface area (Å²) in [5.74, 6) is 1.79. The van der Waals surface area contributed by atoms with E-state index in [-0.39, 0.29) is 5.41 Å². The van der Waals surface area contributed by atoms with E-state index >= 15 is 0 Å². The molecule has 172 valence electrons. The number of ether oxygens (including phenoxy) is 2. The van der Waals surface area contributed by atoms with Crippen LogP contribution in [-0.4, -0.2) is 63.5 Å². The van der Waals surface area contributed by atoms with Crippen molar-refractivity contribution in [3.8, 4) is 0 Å². The van der Waals surface area contributed by atoms with Crippen molar-refractivity contribution in [1.29, 1.82) is 0 Å². The second-order valence-corrected chi connectivity index (χ2v) is 9.85. The van der Waals surface area contributed by atoms with Gasteiger partial charge >= 0.3 is 0 Å². The zero-order valence-electron chi connectivity index (χ0n) is 19.0. The average molecular weight is 448 g/mol. The highest BCUT2D eigenvalue weighted by atomic mass is 35.5. The predicted molar refractivity (Wildman–Crippen MR) is 127 cm³/mol. The highest BCUT2D eigenvalue weighted by Crippen LogP contribution is 2.38. The number of rotatable bonds is 6. The van der Waals surface area contributed by atoms with Gasteiger partial charge in [-0.15, -0.1) is 0 Å². The highest BCUT2D eigenvalue weighted by molar-refractivity contribution is 6.31. The fraction of sp³-hybridized carbons (Fsp3) is 0.720. The minimum Gasteiger partial charge on any atom is -0.381 e. The maximum Gasteiger partial charge on any atom is 0.193 e. The number of hydrogen-bond acceptors (Lipinski definition) is 3. The molecule has 2 saturated heterocycles. The molecule has 0 spiro atoms. The van der Waals surface area contributed by atoms with Crippen molar-refractivity contribution in [3.05, 3.63) is 34.9 Å². The molecule has 1 saturated carbocycles. The molecule has 1 aromatic rings. The van der Waals surface area contributed by atoms with Gasteiger partial charge in [0.1, 0.15) is 0 Å². The van der Waals surface area contributed by atoms with E-state index in [0.717, 1.165) is 82.0 Å². The van der Waals surface area contributed by atoms with Crippen LogP contribution in [-0.2, 0) is 14.9 Å². The van der Waals surface area contributed by atoms with Crippen LogP contribution in [0.15, 0.2) is 29.3 Å². The molecule has 0 aromatic heterocycles. The van der Waals surface area contributed by atoms with Crippen LogP contribution >= 0.6 is 11.6 Å². The van der Waals surface area contributed by atoms with Gasteiger partial charge in [0, 0.05) is 56.9 Å². The monoisotopic (exact) mass is 447 g/mol. The highest BCUT2D eigenvalue weighted by Gasteiger charge is 2.36. The molecule has 0 atom stereocenters. The molecule has 3 aliphatic rings. The van der Waals surface area contributed by atoms with Gasteiger partial charge in [-0.2, -0.15) is 0 Å². The van der Waals surface area contributed by atoms with Gasteiger partial charge in [0.15, 0.2) is 5.96 Å². The number of nitrogens with one attached hydrogen (secondary N) is 1. The Balaban J connectivity index is 1.31. The SMILES string of the molecule is CN=C(NCC1(c2ccccc2Cl)CCOCC1)N1CCC(OCC2CCCC2)CC1. The van der Waals surface area contributed by atoms with Crippen LogP contribution in [0.1, 0.15) is 56.9 Å². The lowest BCUT2D eigenvalue weighted by Gasteiger charge is -2.40. The first kappa shape index (κ1) is 22.9. The molecule has 0 bridgehead atoms. The van der Waals surface area contributed by atoms with E-state index in [1.807, 2.05) is 19.2 Å². The molecule has 1 aliphatic carbocycles. The van der Waals surface area contributed by atoms with Crippen molar-refractivity contribution in [2.45, 2.75) is 62.9 Å². The summed E-state index contributed by atoms with van der Waals surface area (Å²) < 4.78 is 11.9. The van der Waals surface area contributed by atoms with Crippen LogP contribution in [0.5, 0.6) is 0 Å². The summed E-state index contributed by atoms with van der Waals surface area (Å²) in [6, 6.07) is 8.26. The summed E-state index contributed by atoms with van der Waals surface area (Å²) in [5, 5.41) is 4.54. The number of benzene rings is 1. The largest absolute Gasteiger partial charge is 0.381 e. The topological polar surface area (TPSA) is 46.1 Å². The van der Waals surface area contributed by atoms with E-state index in [4.69, 9.17) is 21.1 Å². The van der Waals surface area contributed by atoms with Crippen molar-refractivity contribution in [1.82, 2.24) is 10.2 Å². The molecule has 6 heteroatoms. The third kappa shape index (κ3) is 5.74. The molecule has 2 heterocycles. The van der Waals surface area contributed by atoms with E-state index in [1.54, 1.807) is 0 Å². The lowest BCUT2D eigenvalue weighted by molar-refractivity contribution is 0.000849. The fourth-order valence-corrected chi connectivity index (χ4v) is 5.79. The molecule has 1 aromatic carbocycles. The van der Waals surface area contributed by atoms with Crippen LogP contribution in [0.2, 0.25) is 5.02 Å². The molecule has 0 unspecified atom stereocenters. The second kappa shape index (κ2) is 11.0. The number of nitrogens with zero attached hydrogens (tertiary/aromatic N) is 2. The van der Waals surface area contributed by atoms with Crippen LogP contribution < -0.4 is 5.32 Å². The number of hydrogen-bond donors (Lipinski definition) is 1. The Morgan fingerprint density at radius 2 is 1.87 bits per heavy atom. The minimum absolute atomic E-state index is 0.0186. The van der Waals surface area contributed by atoms with Gasteiger partial charge in [-0.25, -0.2) is 0 Å². The van der Waals surface area contributed by atoms with Crippen molar-refractivity contribution < 1.29 is 9.47 Å². The summed E-state index contributed by atoms with van der Waals surface area (Å²) in [5.41, 5.74) is 1.21. The van der Waals surface area contributed by atoms with Gasteiger partial charge in [0.2, 0.25) is 0 Å². The van der Waals surface area contributed by atoms with E-state index in [9.17, 15) is 0 Å². The number of halogens is 1. The fourth-order valence-electron chi connectivity index (χ4n) is 5.46. The van der Waals surface area contributed by atoms with Gasteiger partial charge in [-0.05, 0) is 56.1 Å². The van der Waals surface area contributed by atoms with Gasteiger partial charge in [-0.1, -0.05) is 42.6 Å². The third-order valence-electron chi connectivity index (χ3n) is 7.48. The first-order valence-electron chi connectivity index (χ1n) is 12.1. The lowest BCUT2D eigenvalue weighted by atomic mass is 9.74. The summed E-state index contributed by atoms with van der Waals surface area (Å²) >= 11 is 6.61. The van der Waals surface area contributed by atoms with Crippen molar-refractivity contribution in [3.63, 3.8) is 0 Å². The molecular formula is C25H38ClN3O2. The molecule has 1 N–H and O–H groups in total. The van der Waals surface area contributed by atoms with Gasteiger partial charge in [0.05, 0.1) is 6.10 Å². The average Bonchev–Trinajstić information content (AvgIpc) is 3.33. The Bertz CT molecular complexity index is 721. The molecular weight excluding hydrogens is 410 g/mol. The van der Waals surface area contributed by atoms with Gasteiger partial charge in [-0.3, -0.25) is 4.99 Å². The molecule has 4 rings (SSSR count). The number of likely N-dealkylation sites (tertiary alicyclic amines) is 1. The Hall–Kier alpha value is -1.30. The molecule has 31 heavy (non-hydrogen) atoms. The molecule has 0 amide bonds. The zero-order valence-corrected chi connectivity index (χ0v) is 19.7. The van der Waals surface area contributed by atoms with Crippen LogP contribution in [0.4, 0.5) is 0 Å². The maximum absolute atomic E-state index is 6.61. The molecule has 3 fully saturated rings. The Morgan fingerprint density at radius 3 is 2.55 bits per heavy atom. The van der Waals surface area contributed by atoms with Crippen LogP contribution in [0.3, 0.4) is 0 Å². The first-order valence-corrected chi connectivity index (χ1v) is 12.5. The van der Waals surface area contributed by atoms with Gasteiger partial charge in [0.25, 0.3) is 0 Å². The first-order chi connectivity index (χ1) is 15.2. The van der Waals surface area contributed by atoms with Crippen molar-refractivity contribution in [2.75, 3.05) is 46.5 Å². The van der Waals surface area contributed by atoms with Crippen LogP contribution in [0.25, 0.3) is 0 Å². The Labute approximate surface area is 192 Å². The number of guanidine groups is 1. The summed E-state index contributed by atoms with van der Waals surface area (Å²) in [7, 11) is 1.89. The number of piperidine rings is 1. The lowest BCUT2D eigenvalue weighted by Crippen LogP contribution is -2.51. The van der Waals surface area contributed by atoms with E-state index in [1.165, 1.54) is 31.2 Å². The molecule has 0 radical (unpaired) electrons. The standard InChI is InChI=1S/C25H38ClN3O2/c1-27-24(29-14-10-21(11-15-29)31-18-20-6-2-3-7-20)28-19-25(12-16-30-17-13-25)22-8-4-5-9-23(22)26/h4-5,8-9,20-21H,2-3,6-7,10-19H2,1H3,(H,27,28). The van der Waals surface area contributed by atoms with Crippen molar-refractivity contribution in [2.24, 2.45) is 10.9 Å².